The summed E-state index contributed by atoms with van der Waals surface area (Å²) in [5.74, 6) is 0. The average Bonchev–Trinajstić information content (AvgIpc) is 2.22. The second kappa shape index (κ2) is 6.57. The molecule has 1 rings (SSSR count). The highest BCUT2D eigenvalue weighted by atomic mass is 15.1. The van der Waals surface area contributed by atoms with E-state index in [0.717, 1.165) is 6.54 Å². The summed E-state index contributed by atoms with van der Waals surface area (Å²) in [6.45, 7) is 9.86. The molecule has 2 nitrogen and oxygen atoms in total. The minimum Gasteiger partial charge on any atom is -0.298 e. The lowest BCUT2D eigenvalue weighted by molar-refractivity contribution is 0.263. The molecule has 0 aromatic carbocycles. The molecule has 1 heterocycles. The van der Waals surface area contributed by atoms with Crippen LogP contribution in [0.15, 0.2) is 18.3 Å². The Hall–Kier alpha value is -0.890. The summed E-state index contributed by atoms with van der Waals surface area (Å²) in [5, 5.41) is 0. The fourth-order valence-electron chi connectivity index (χ4n) is 1.72. The molecule has 0 atom stereocenters. The lowest BCUT2D eigenvalue weighted by Gasteiger charge is -2.20. The van der Waals surface area contributed by atoms with E-state index in [1.807, 2.05) is 6.20 Å². The molecule has 0 spiro atoms. The predicted octanol–water partition coefficient (Wildman–Crippen LogP) is 3.01. The van der Waals surface area contributed by atoms with Gasteiger partial charge in [0.1, 0.15) is 0 Å². The number of nitrogens with zero attached hydrogens (tertiary/aromatic N) is 2. The van der Waals surface area contributed by atoms with Gasteiger partial charge in [0, 0.05) is 12.7 Å². The first kappa shape index (κ1) is 12.2. The number of hydrogen-bond donors (Lipinski definition) is 0. The quantitative estimate of drug-likeness (QED) is 0.711. The number of pyridine rings is 1. The van der Waals surface area contributed by atoms with E-state index in [1.54, 1.807) is 0 Å². The molecule has 1 aromatic rings. The van der Waals surface area contributed by atoms with Crippen LogP contribution in [0.5, 0.6) is 0 Å². The van der Waals surface area contributed by atoms with Crippen LogP contribution in [0, 0.1) is 6.92 Å². The van der Waals surface area contributed by atoms with Crippen molar-refractivity contribution in [2.45, 2.75) is 40.2 Å². The van der Waals surface area contributed by atoms with Crippen LogP contribution >= 0.6 is 0 Å². The van der Waals surface area contributed by atoms with Gasteiger partial charge in [-0.25, -0.2) is 0 Å². The Morgan fingerprint density at radius 2 is 1.80 bits per heavy atom. The Morgan fingerprint density at radius 3 is 2.27 bits per heavy atom. The standard InChI is InChI=1S/C13H22N2/c1-4-8-15(9-5-2)11-13-7-6-12(3)10-14-13/h6-7,10H,4-5,8-9,11H2,1-3H3. The Bertz CT molecular complexity index is 260. The third-order valence-corrected chi connectivity index (χ3v) is 2.44. The topological polar surface area (TPSA) is 16.1 Å². The maximum atomic E-state index is 4.44. The summed E-state index contributed by atoms with van der Waals surface area (Å²) in [6.07, 6.45) is 4.38. The third kappa shape index (κ3) is 4.43. The van der Waals surface area contributed by atoms with Crippen LogP contribution in [0.2, 0.25) is 0 Å². The van der Waals surface area contributed by atoms with E-state index in [4.69, 9.17) is 0 Å². The van der Waals surface area contributed by atoms with E-state index < -0.39 is 0 Å². The maximum Gasteiger partial charge on any atom is 0.0544 e. The number of rotatable bonds is 6. The van der Waals surface area contributed by atoms with Crippen molar-refractivity contribution >= 4 is 0 Å². The first-order valence-corrected chi connectivity index (χ1v) is 5.90. The summed E-state index contributed by atoms with van der Waals surface area (Å²) in [5.41, 5.74) is 2.42. The molecule has 0 aliphatic carbocycles. The van der Waals surface area contributed by atoms with E-state index in [9.17, 15) is 0 Å². The monoisotopic (exact) mass is 206 g/mol. The van der Waals surface area contributed by atoms with E-state index in [-0.39, 0.29) is 0 Å². The highest BCUT2D eigenvalue weighted by molar-refractivity contribution is 5.12. The molecule has 0 fully saturated rings. The molecule has 0 aliphatic heterocycles. The summed E-state index contributed by atoms with van der Waals surface area (Å²) >= 11 is 0. The Kier molecular flexibility index (Phi) is 5.33. The molecular formula is C13H22N2. The summed E-state index contributed by atoms with van der Waals surface area (Å²) in [6, 6.07) is 4.27. The SMILES string of the molecule is CCCN(CCC)Cc1ccc(C)cn1. The van der Waals surface area contributed by atoms with E-state index in [1.165, 1.54) is 37.2 Å². The zero-order valence-corrected chi connectivity index (χ0v) is 10.2. The normalized spacial score (nSPS) is 10.9. The largest absolute Gasteiger partial charge is 0.298 e. The molecule has 0 saturated carbocycles. The van der Waals surface area contributed by atoms with Crippen LogP contribution in [-0.4, -0.2) is 23.0 Å². The van der Waals surface area contributed by atoms with Crippen LogP contribution in [0.4, 0.5) is 0 Å². The lowest BCUT2D eigenvalue weighted by atomic mass is 10.2. The fraction of sp³-hybridized carbons (Fsp3) is 0.615. The van der Waals surface area contributed by atoms with Gasteiger partial charge in [-0.05, 0) is 44.5 Å². The van der Waals surface area contributed by atoms with Crippen LogP contribution in [-0.2, 0) is 6.54 Å². The highest BCUT2D eigenvalue weighted by Crippen LogP contribution is 2.04. The second-order valence-corrected chi connectivity index (χ2v) is 4.10. The minimum atomic E-state index is 0.988. The van der Waals surface area contributed by atoms with Crippen molar-refractivity contribution in [1.29, 1.82) is 0 Å². The predicted molar refractivity (Wildman–Crippen MR) is 64.8 cm³/mol. The molecule has 0 amide bonds. The molecule has 2 heteroatoms. The summed E-state index contributed by atoms with van der Waals surface area (Å²) in [4.78, 5) is 6.91. The van der Waals surface area contributed by atoms with Crippen molar-refractivity contribution < 1.29 is 0 Å². The first-order valence-electron chi connectivity index (χ1n) is 5.90. The van der Waals surface area contributed by atoms with Crippen molar-refractivity contribution in [1.82, 2.24) is 9.88 Å². The van der Waals surface area contributed by atoms with Gasteiger partial charge >= 0.3 is 0 Å². The van der Waals surface area contributed by atoms with Gasteiger partial charge in [-0.3, -0.25) is 9.88 Å². The summed E-state index contributed by atoms with van der Waals surface area (Å²) in [7, 11) is 0. The van der Waals surface area contributed by atoms with Gasteiger partial charge < -0.3 is 0 Å². The molecule has 0 bridgehead atoms. The molecule has 0 saturated heterocycles. The van der Waals surface area contributed by atoms with Crippen LogP contribution in [0.1, 0.15) is 37.9 Å². The van der Waals surface area contributed by atoms with Gasteiger partial charge in [0.25, 0.3) is 0 Å². The van der Waals surface area contributed by atoms with Crippen LogP contribution < -0.4 is 0 Å². The number of hydrogen-bond acceptors (Lipinski definition) is 2. The molecule has 0 radical (unpaired) electrons. The maximum absolute atomic E-state index is 4.44. The van der Waals surface area contributed by atoms with Gasteiger partial charge in [-0.1, -0.05) is 19.9 Å². The number of aryl methyl sites for hydroxylation is 1. The van der Waals surface area contributed by atoms with Gasteiger partial charge in [0.05, 0.1) is 5.69 Å². The van der Waals surface area contributed by atoms with Crippen molar-refractivity contribution in [3.63, 3.8) is 0 Å². The van der Waals surface area contributed by atoms with Crippen molar-refractivity contribution in [3.8, 4) is 0 Å². The third-order valence-electron chi connectivity index (χ3n) is 2.44. The van der Waals surface area contributed by atoms with E-state index in [2.05, 4.69) is 42.8 Å². The van der Waals surface area contributed by atoms with Crippen LogP contribution in [0.3, 0.4) is 0 Å². The molecule has 0 aliphatic rings. The minimum absolute atomic E-state index is 0.988. The van der Waals surface area contributed by atoms with Crippen LogP contribution in [0.25, 0.3) is 0 Å². The molecule has 15 heavy (non-hydrogen) atoms. The smallest absolute Gasteiger partial charge is 0.0544 e. The van der Waals surface area contributed by atoms with Gasteiger partial charge in [0.15, 0.2) is 0 Å². The summed E-state index contributed by atoms with van der Waals surface area (Å²) < 4.78 is 0. The molecule has 84 valence electrons. The first-order chi connectivity index (χ1) is 7.26. The van der Waals surface area contributed by atoms with E-state index >= 15 is 0 Å². The lowest BCUT2D eigenvalue weighted by Crippen LogP contribution is -2.25. The van der Waals surface area contributed by atoms with Crippen molar-refractivity contribution in [3.05, 3.63) is 29.6 Å². The van der Waals surface area contributed by atoms with Crippen molar-refractivity contribution in [2.75, 3.05) is 13.1 Å². The molecule has 1 aromatic heterocycles. The molecule has 0 unspecified atom stereocenters. The number of aromatic nitrogens is 1. The Morgan fingerprint density at radius 1 is 1.13 bits per heavy atom. The molecular weight excluding hydrogens is 184 g/mol. The van der Waals surface area contributed by atoms with Gasteiger partial charge in [-0.15, -0.1) is 0 Å². The van der Waals surface area contributed by atoms with Gasteiger partial charge in [0.2, 0.25) is 0 Å². The average molecular weight is 206 g/mol. The zero-order chi connectivity index (χ0) is 11.1. The van der Waals surface area contributed by atoms with Gasteiger partial charge in [-0.2, -0.15) is 0 Å². The highest BCUT2D eigenvalue weighted by Gasteiger charge is 2.04. The van der Waals surface area contributed by atoms with E-state index in [0.29, 0.717) is 0 Å². The Balaban J connectivity index is 2.53. The molecule has 0 N–H and O–H groups in total. The zero-order valence-electron chi connectivity index (χ0n) is 10.2. The Labute approximate surface area is 93.3 Å². The fourth-order valence-corrected chi connectivity index (χ4v) is 1.72. The van der Waals surface area contributed by atoms with Crippen molar-refractivity contribution in [2.24, 2.45) is 0 Å². The second-order valence-electron chi connectivity index (χ2n) is 4.10.